The molecule has 1 N–H and O–H groups in total. The van der Waals surface area contributed by atoms with Crippen LogP contribution in [0.1, 0.15) is 70.5 Å². The van der Waals surface area contributed by atoms with Crippen LogP contribution < -0.4 is 4.74 Å². The summed E-state index contributed by atoms with van der Waals surface area (Å²) in [6, 6.07) is 10.3. The van der Waals surface area contributed by atoms with Gasteiger partial charge in [0.15, 0.2) is 0 Å². The molecule has 4 rings (SSSR count). The number of carbonyl (C=O) groups is 3. The lowest BCUT2D eigenvalue weighted by atomic mass is 10.0. The lowest BCUT2D eigenvalue weighted by molar-refractivity contribution is -0.131. The van der Waals surface area contributed by atoms with Crippen molar-refractivity contribution in [3.05, 3.63) is 64.8 Å². The van der Waals surface area contributed by atoms with E-state index >= 15 is 0 Å². The Morgan fingerprint density at radius 3 is 2.32 bits per heavy atom. The van der Waals surface area contributed by atoms with Gasteiger partial charge in [0.25, 0.3) is 5.91 Å². The maximum Gasteiger partial charge on any atom is 0.335 e. The predicted octanol–water partition coefficient (Wildman–Crippen LogP) is 4.60. The van der Waals surface area contributed by atoms with Gasteiger partial charge in [-0.15, -0.1) is 0 Å². The van der Waals surface area contributed by atoms with Crippen molar-refractivity contribution < 1.29 is 24.2 Å². The van der Waals surface area contributed by atoms with Crippen LogP contribution in [-0.2, 0) is 11.2 Å². The average Bonchev–Trinajstić information content (AvgIpc) is 3.55. The molecule has 0 saturated heterocycles. The highest BCUT2D eigenvalue weighted by molar-refractivity contribution is 5.99. The molecule has 0 bridgehead atoms. The predicted molar refractivity (Wildman–Crippen MR) is 142 cm³/mol. The number of rotatable bonds is 8. The third-order valence-corrected chi connectivity index (χ3v) is 7.49. The van der Waals surface area contributed by atoms with Crippen LogP contribution in [0.5, 0.6) is 5.75 Å². The van der Waals surface area contributed by atoms with Crippen molar-refractivity contribution in [1.29, 1.82) is 0 Å². The lowest BCUT2D eigenvalue weighted by Gasteiger charge is -2.24. The number of carbonyl (C=O) groups excluding carboxylic acids is 2. The van der Waals surface area contributed by atoms with Gasteiger partial charge in [-0.25, -0.2) is 4.79 Å². The van der Waals surface area contributed by atoms with Crippen LogP contribution in [0.15, 0.2) is 42.6 Å². The molecular weight excluding hydrogens is 470 g/mol. The number of hydrogen-bond donors (Lipinski definition) is 1. The molecule has 1 fully saturated rings. The molecule has 1 aliphatic rings. The molecule has 1 aliphatic carbocycles. The Kier molecular flexibility index (Phi) is 7.57. The third kappa shape index (κ3) is 5.19. The van der Waals surface area contributed by atoms with Gasteiger partial charge in [0.2, 0.25) is 5.91 Å². The Bertz CT molecular complexity index is 1340. The van der Waals surface area contributed by atoms with Gasteiger partial charge in [-0.3, -0.25) is 9.59 Å². The Morgan fingerprint density at radius 1 is 1.03 bits per heavy atom. The summed E-state index contributed by atoms with van der Waals surface area (Å²) >= 11 is 0. The van der Waals surface area contributed by atoms with E-state index in [1.165, 1.54) is 13.2 Å². The zero-order valence-corrected chi connectivity index (χ0v) is 22.2. The Hall–Kier alpha value is -3.81. The van der Waals surface area contributed by atoms with E-state index < -0.39 is 12.0 Å². The minimum Gasteiger partial charge on any atom is -0.496 e. The van der Waals surface area contributed by atoms with Gasteiger partial charge in [-0.05, 0) is 61.2 Å². The van der Waals surface area contributed by atoms with Crippen LogP contribution in [0.4, 0.5) is 0 Å². The molecule has 1 heterocycles. The average molecular weight is 506 g/mol. The number of hydrogen-bond acceptors (Lipinski definition) is 4. The van der Waals surface area contributed by atoms with E-state index in [-0.39, 0.29) is 23.4 Å². The van der Waals surface area contributed by atoms with Gasteiger partial charge in [0, 0.05) is 56.3 Å². The normalized spacial score (nSPS) is 14.5. The number of methoxy groups -OCH3 is 1. The van der Waals surface area contributed by atoms with Gasteiger partial charge >= 0.3 is 5.97 Å². The molecule has 1 aromatic heterocycles. The Labute approximate surface area is 217 Å². The van der Waals surface area contributed by atoms with Crippen LogP contribution in [-0.4, -0.2) is 71.6 Å². The van der Waals surface area contributed by atoms with Crippen LogP contribution in [0.2, 0.25) is 0 Å². The van der Waals surface area contributed by atoms with E-state index in [9.17, 15) is 19.5 Å². The highest BCUT2D eigenvalue weighted by Crippen LogP contribution is 2.32. The first kappa shape index (κ1) is 26.3. The zero-order chi connectivity index (χ0) is 26.9. The molecule has 1 unspecified atom stereocenters. The maximum atomic E-state index is 13.4. The summed E-state index contributed by atoms with van der Waals surface area (Å²) in [5.74, 6) is -0.584. The first-order valence-corrected chi connectivity index (χ1v) is 12.6. The van der Waals surface area contributed by atoms with Crippen molar-refractivity contribution in [3.63, 3.8) is 0 Å². The summed E-state index contributed by atoms with van der Waals surface area (Å²) in [6.07, 6.45) is 6.76. The van der Waals surface area contributed by atoms with Crippen LogP contribution >= 0.6 is 0 Å². The Morgan fingerprint density at radius 2 is 1.70 bits per heavy atom. The van der Waals surface area contributed by atoms with E-state index in [2.05, 4.69) is 0 Å². The van der Waals surface area contributed by atoms with Gasteiger partial charge < -0.3 is 24.2 Å². The number of carboxylic acids is 1. The number of amides is 2. The summed E-state index contributed by atoms with van der Waals surface area (Å²) in [4.78, 5) is 41.1. The molecule has 8 heteroatoms. The summed E-state index contributed by atoms with van der Waals surface area (Å²) < 4.78 is 7.45. The molecule has 1 saturated carbocycles. The number of aromatic nitrogens is 1. The molecule has 3 aromatic rings. The molecular formula is C29H35N3O5. The molecule has 2 amide bonds. The fraction of sp³-hybridized carbons (Fsp3) is 0.414. The first-order chi connectivity index (χ1) is 17.6. The SMILES string of the molecule is COc1cc(C(=O)O)ccc1Cc1cn(C(C)C(=O)N(C)C)c2ccc(C(=O)N(C)C3CCCC3)cc12. The van der Waals surface area contributed by atoms with E-state index in [4.69, 9.17) is 4.74 Å². The summed E-state index contributed by atoms with van der Waals surface area (Å²) in [5.41, 5.74) is 3.36. The van der Waals surface area contributed by atoms with Crippen LogP contribution in [0.25, 0.3) is 10.9 Å². The fourth-order valence-corrected chi connectivity index (χ4v) is 5.30. The minimum atomic E-state index is -1.02. The molecule has 0 aliphatic heterocycles. The number of fused-ring (bicyclic) bond motifs is 1. The third-order valence-electron chi connectivity index (χ3n) is 7.49. The maximum absolute atomic E-state index is 13.4. The fourth-order valence-electron chi connectivity index (χ4n) is 5.30. The quantitative estimate of drug-likeness (QED) is 0.483. The van der Waals surface area contributed by atoms with Crippen LogP contribution in [0.3, 0.4) is 0 Å². The molecule has 37 heavy (non-hydrogen) atoms. The van der Waals surface area contributed by atoms with Crippen LogP contribution in [0, 0.1) is 0 Å². The second kappa shape index (κ2) is 10.7. The minimum absolute atomic E-state index is 0.00620. The topological polar surface area (TPSA) is 92.1 Å². The lowest BCUT2D eigenvalue weighted by Crippen LogP contribution is -2.35. The highest BCUT2D eigenvalue weighted by atomic mass is 16.5. The number of ether oxygens (including phenoxy) is 1. The van der Waals surface area contributed by atoms with Gasteiger partial charge in [0.05, 0.1) is 12.7 Å². The van der Waals surface area contributed by atoms with Crippen molar-refractivity contribution in [3.8, 4) is 5.75 Å². The largest absolute Gasteiger partial charge is 0.496 e. The molecule has 0 radical (unpaired) electrons. The van der Waals surface area contributed by atoms with Crippen molar-refractivity contribution in [2.24, 2.45) is 0 Å². The van der Waals surface area contributed by atoms with Gasteiger partial charge in [-0.1, -0.05) is 18.9 Å². The summed E-state index contributed by atoms with van der Waals surface area (Å²) in [6.45, 7) is 1.86. The van der Waals surface area contributed by atoms with Crippen molar-refractivity contribution in [2.45, 2.75) is 51.1 Å². The molecule has 8 nitrogen and oxygen atoms in total. The Balaban J connectivity index is 1.79. The second-order valence-corrected chi connectivity index (χ2v) is 10.1. The van der Waals surface area contributed by atoms with E-state index in [1.807, 2.05) is 47.8 Å². The summed E-state index contributed by atoms with van der Waals surface area (Å²) in [7, 11) is 6.86. The molecule has 2 aromatic carbocycles. The molecule has 196 valence electrons. The second-order valence-electron chi connectivity index (χ2n) is 10.1. The number of carboxylic acid groups (broad SMARTS) is 1. The van der Waals surface area contributed by atoms with Crippen molar-refractivity contribution in [2.75, 3.05) is 28.3 Å². The smallest absolute Gasteiger partial charge is 0.335 e. The summed E-state index contributed by atoms with van der Waals surface area (Å²) in [5, 5.41) is 10.2. The van der Waals surface area contributed by atoms with Gasteiger partial charge in [-0.2, -0.15) is 0 Å². The van der Waals surface area contributed by atoms with E-state index in [1.54, 1.807) is 31.1 Å². The van der Waals surface area contributed by atoms with Crippen molar-refractivity contribution >= 4 is 28.7 Å². The van der Waals surface area contributed by atoms with E-state index in [0.717, 1.165) is 47.7 Å². The standard InChI is InChI=1S/C29H35N3O5/c1-18(27(33)30(2)3)32-17-22(14-19-10-11-21(29(35)36)16-26(19)37-5)24-15-20(12-13-25(24)32)28(34)31(4)23-8-6-7-9-23/h10-13,15-18,23H,6-9,14H2,1-5H3,(H,35,36). The van der Waals surface area contributed by atoms with Crippen molar-refractivity contribution in [1.82, 2.24) is 14.4 Å². The number of likely N-dealkylation sites (N-methyl/N-ethyl adjacent to an activating group) is 1. The monoisotopic (exact) mass is 505 g/mol. The number of aromatic carboxylic acids is 1. The number of nitrogens with zero attached hydrogens (tertiary/aromatic N) is 3. The molecule has 1 atom stereocenters. The highest BCUT2D eigenvalue weighted by Gasteiger charge is 2.26. The zero-order valence-electron chi connectivity index (χ0n) is 22.2. The van der Waals surface area contributed by atoms with Gasteiger partial charge in [0.1, 0.15) is 11.8 Å². The number of benzene rings is 2. The first-order valence-electron chi connectivity index (χ1n) is 12.6. The molecule has 0 spiro atoms. The van der Waals surface area contributed by atoms with E-state index in [0.29, 0.717) is 17.7 Å².